The molecule has 0 aliphatic carbocycles. The number of piperazine rings is 1. The maximum atomic E-state index is 12.6. The van der Waals surface area contributed by atoms with E-state index in [1.54, 1.807) is 0 Å². The molecule has 1 saturated heterocycles. The van der Waals surface area contributed by atoms with Crippen LogP contribution in [0, 0.1) is 0 Å². The highest BCUT2D eigenvalue weighted by atomic mass is 32.2. The third-order valence-corrected chi connectivity index (χ3v) is 5.12. The minimum atomic E-state index is -4.60. The zero-order chi connectivity index (χ0) is 15.7. The Hall–Kier alpha value is -1.61. The van der Waals surface area contributed by atoms with Gasteiger partial charge in [-0.05, 0) is 18.2 Å². The van der Waals surface area contributed by atoms with Crippen LogP contribution in [0.1, 0.15) is 5.56 Å². The Morgan fingerprint density at radius 1 is 1.10 bits per heavy atom. The highest BCUT2D eigenvalue weighted by molar-refractivity contribution is 7.89. The van der Waals surface area contributed by atoms with Crippen LogP contribution in [0.5, 0.6) is 0 Å². The van der Waals surface area contributed by atoms with E-state index in [2.05, 4.69) is 0 Å². The molecule has 116 valence electrons. The van der Waals surface area contributed by atoms with E-state index in [1.807, 2.05) is 0 Å². The fourth-order valence-corrected chi connectivity index (χ4v) is 3.50. The minimum Gasteiger partial charge on any atom is -0.343 e. The molecule has 0 atom stereocenters. The second-order valence-electron chi connectivity index (χ2n) is 4.57. The van der Waals surface area contributed by atoms with Gasteiger partial charge in [-0.15, -0.1) is 0 Å². The van der Waals surface area contributed by atoms with Crippen LogP contribution < -0.4 is 0 Å². The molecule has 1 aromatic carbocycles. The summed E-state index contributed by atoms with van der Waals surface area (Å²) in [4.78, 5) is 11.6. The Labute approximate surface area is 120 Å². The molecule has 0 N–H and O–H groups in total. The lowest BCUT2D eigenvalue weighted by Crippen LogP contribution is -2.47. The van der Waals surface area contributed by atoms with Gasteiger partial charge in [0, 0.05) is 26.2 Å². The highest BCUT2D eigenvalue weighted by Gasteiger charge is 2.33. The molecule has 0 spiro atoms. The molecule has 0 aromatic heterocycles. The van der Waals surface area contributed by atoms with Crippen molar-refractivity contribution in [2.75, 3.05) is 26.2 Å². The maximum absolute atomic E-state index is 12.6. The predicted molar refractivity (Wildman–Crippen MR) is 67.8 cm³/mol. The molecular weight excluding hydrogens is 309 g/mol. The zero-order valence-electron chi connectivity index (χ0n) is 10.9. The van der Waals surface area contributed by atoms with Crippen LogP contribution in [0.25, 0.3) is 0 Å². The van der Waals surface area contributed by atoms with Gasteiger partial charge in [-0.2, -0.15) is 17.5 Å². The third kappa shape index (κ3) is 3.35. The second kappa shape index (κ2) is 5.64. The van der Waals surface area contributed by atoms with Crippen molar-refractivity contribution in [3.8, 4) is 0 Å². The first kappa shape index (κ1) is 15.8. The molecule has 1 aliphatic heterocycles. The fraction of sp³-hybridized carbons (Fsp3) is 0.417. The summed E-state index contributed by atoms with van der Waals surface area (Å²) in [6, 6.07) is 3.65. The van der Waals surface area contributed by atoms with E-state index in [1.165, 1.54) is 4.90 Å². The number of amides is 1. The normalized spacial score (nSPS) is 17.8. The quantitative estimate of drug-likeness (QED) is 0.785. The molecular formula is C12H13F3N2O3S. The van der Waals surface area contributed by atoms with Gasteiger partial charge in [0.2, 0.25) is 16.4 Å². The van der Waals surface area contributed by atoms with Crippen LogP contribution in [-0.2, 0) is 21.0 Å². The van der Waals surface area contributed by atoms with Crippen molar-refractivity contribution in [2.45, 2.75) is 11.1 Å². The van der Waals surface area contributed by atoms with Crippen molar-refractivity contribution in [1.29, 1.82) is 0 Å². The Kier molecular flexibility index (Phi) is 4.24. The minimum absolute atomic E-state index is 0.0668. The molecule has 0 unspecified atom stereocenters. The summed E-state index contributed by atoms with van der Waals surface area (Å²) < 4.78 is 63.6. The average Bonchev–Trinajstić information content (AvgIpc) is 2.46. The van der Waals surface area contributed by atoms with Gasteiger partial charge in [-0.25, -0.2) is 8.42 Å². The highest BCUT2D eigenvalue weighted by Crippen LogP contribution is 2.31. The van der Waals surface area contributed by atoms with Crippen LogP contribution in [0.3, 0.4) is 0 Å². The van der Waals surface area contributed by atoms with Crippen LogP contribution in [-0.4, -0.2) is 50.2 Å². The molecule has 0 bridgehead atoms. The summed E-state index contributed by atoms with van der Waals surface area (Å²) >= 11 is 0. The number of carbonyl (C=O) groups excluding carboxylic acids is 1. The van der Waals surface area contributed by atoms with E-state index in [9.17, 15) is 26.4 Å². The van der Waals surface area contributed by atoms with E-state index in [4.69, 9.17) is 0 Å². The Bertz CT molecular complexity index is 623. The summed E-state index contributed by atoms with van der Waals surface area (Å²) in [5.41, 5.74) is -1.00. The van der Waals surface area contributed by atoms with Gasteiger partial charge in [-0.1, -0.05) is 6.07 Å². The van der Waals surface area contributed by atoms with Crippen LogP contribution in [0.2, 0.25) is 0 Å². The van der Waals surface area contributed by atoms with Gasteiger partial charge in [0.25, 0.3) is 0 Å². The molecule has 2 rings (SSSR count). The first-order valence-electron chi connectivity index (χ1n) is 6.12. The lowest BCUT2D eigenvalue weighted by Gasteiger charge is -2.31. The Morgan fingerprint density at radius 3 is 2.24 bits per heavy atom. The summed E-state index contributed by atoms with van der Waals surface area (Å²) in [5.74, 6) is 0. The monoisotopic (exact) mass is 322 g/mol. The Balaban J connectivity index is 2.26. The predicted octanol–water partition coefficient (Wildman–Crippen LogP) is 1.17. The van der Waals surface area contributed by atoms with Crippen LogP contribution in [0.4, 0.5) is 13.2 Å². The third-order valence-electron chi connectivity index (χ3n) is 3.22. The molecule has 1 heterocycles. The van der Waals surface area contributed by atoms with Crippen LogP contribution in [0.15, 0.2) is 29.2 Å². The van der Waals surface area contributed by atoms with Gasteiger partial charge in [0.05, 0.1) is 10.5 Å². The summed E-state index contributed by atoms with van der Waals surface area (Å²) in [7, 11) is -3.99. The van der Waals surface area contributed by atoms with Crippen molar-refractivity contribution in [3.05, 3.63) is 29.8 Å². The van der Waals surface area contributed by atoms with Crippen LogP contribution >= 0.6 is 0 Å². The molecule has 1 aromatic rings. The van der Waals surface area contributed by atoms with Gasteiger partial charge in [0.1, 0.15) is 0 Å². The lowest BCUT2D eigenvalue weighted by molar-refractivity contribution is -0.137. The number of hydrogen-bond donors (Lipinski definition) is 0. The first-order valence-corrected chi connectivity index (χ1v) is 7.56. The van der Waals surface area contributed by atoms with Gasteiger partial charge >= 0.3 is 6.18 Å². The van der Waals surface area contributed by atoms with Crippen molar-refractivity contribution in [2.24, 2.45) is 0 Å². The van der Waals surface area contributed by atoms with Crippen molar-refractivity contribution in [1.82, 2.24) is 9.21 Å². The summed E-state index contributed by atoms with van der Waals surface area (Å²) in [6.45, 7) is 0.581. The number of benzene rings is 1. The number of hydrogen-bond acceptors (Lipinski definition) is 3. The molecule has 0 saturated carbocycles. The molecule has 5 nitrogen and oxygen atoms in total. The number of rotatable bonds is 3. The standard InChI is InChI=1S/C12H13F3N2O3S/c13-12(14,15)10-2-1-3-11(8-10)21(19,20)17-6-4-16(9-18)5-7-17/h1-3,8-9H,4-7H2. The smallest absolute Gasteiger partial charge is 0.343 e. The number of nitrogens with zero attached hydrogens (tertiary/aromatic N) is 2. The van der Waals surface area contributed by atoms with Crippen molar-refractivity contribution in [3.63, 3.8) is 0 Å². The van der Waals surface area contributed by atoms with E-state index in [-0.39, 0.29) is 26.2 Å². The SMILES string of the molecule is O=CN1CCN(S(=O)(=O)c2cccc(C(F)(F)F)c2)CC1. The first-order chi connectivity index (χ1) is 9.75. The topological polar surface area (TPSA) is 57.7 Å². The molecule has 1 fully saturated rings. The molecule has 1 amide bonds. The summed E-state index contributed by atoms with van der Waals surface area (Å²) in [6.07, 6.45) is -3.98. The second-order valence-corrected chi connectivity index (χ2v) is 6.51. The zero-order valence-corrected chi connectivity index (χ0v) is 11.7. The average molecular weight is 322 g/mol. The van der Waals surface area contributed by atoms with Gasteiger partial charge in [0.15, 0.2) is 0 Å². The number of sulfonamides is 1. The molecule has 21 heavy (non-hydrogen) atoms. The Morgan fingerprint density at radius 2 is 1.71 bits per heavy atom. The fourth-order valence-electron chi connectivity index (χ4n) is 2.03. The van der Waals surface area contributed by atoms with E-state index >= 15 is 0 Å². The van der Waals surface area contributed by atoms with Gasteiger partial charge < -0.3 is 4.90 Å². The molecule has 1 aliphatic rings. The lowest BCUT2D eigenvalue weighted by atomic mass is 10.2. The van der Waals surface area contributed by atoms with Gasteiger partial charge in [-0.3, -0.25) is 4.79 Å². The van der Waals surface area contributed by atoms with E-state index in [0.29, 0.717) is 12.5 Å². The molecule has 0 radical (unpaired) electrons. The molecule has 9 heteroatoms. The van der Waals surface area contributed by atoms with E-state index in [0.717, 1.165) is 22.5 Å². The maximum Gasteiger partial charge on any atom is 0.416 e. The number of alkyl halides is 3. The summed E-state index contributed by atoms with van der Waals surface area (Å²) in [5, 5.41) is 0. The van der Waals surface area contributed by atoms with E-state index < -0.39 is 26.7 Å². The largest absolute Gasteiger partial charge is 0.416 e. The van der Waals surface area contributed by atoms with Crippen molar-refractivity contribution >= 4 is 16.4 Å². The number of halogens is 3. The number of carbonyl (C=O) groups is 1. The van der Waals surface area contributed by atoms with Crippen molar-refractivity contribution < 1.29 is 26.4 Å².